The van der Waals surface area contributed by atoms with Gasteiger partial charge in [-0.15, -0.1) is 0 Å². The molecule has 0 aliphatic carbocycles. The zero-order chi connectivity index (χ0) is 26.3. The van der Waals surface area contributed by atoms with Crippen molar-refractivity contribution in [2.45, 2.75) is 23.6 Å². The Morgan fingerprint density at radius 2 is 1.79 bits per heavy atom. The Morgan fingerprint density at radius 1 is 0.947 bits per heavy atom. The van der Waals surface area contributed by atoms with E-state index in [1.165, 1.54) is 23.9 Å². The summed E-state index contributed by atoms with van der Waals surface area (Å²) in [5.41, 5.74) is 0.523. The van der Waals surface area contributed by atoms with E-state index in [4.69, 9.17) is 14.0 Å². The van der Waals surface area contributed by atoms with E-state index in [-0.39, 0.29) is 41.9 Å². The van der Waals surface area contributed by atoms with Crippen molar-refractivity contribution >= 4 is 22.7 Å². The molecule has 2 aromatic heterocycles. The molecule has 5 aromatic rings. The summed E-state index contributed by atoms with van der Waals surface area (Å²) in [4.78, 5) is 22.3. The molecule has 0 saturated heterocycles. The molecule has 8 nitrogen and oxygen atoms in total. The van der Waals surface area contributed by atoms with Gasteiger partial charge in [0.2, 0.25) is 18.5 Å². The molecule has 3 aromatic carbocycles. The molecule has 192 valence electrons. The molecule has 0 atom stereocenters. The minimum absolute atomic E-state index is 0.0379. The molecule has 1 aliphatic rings. The Labute approximate surface area is 217 Å². The van der Waals surface area contributed by atoms with Crippen LogP contribution in [0, 0.1) is 0 Å². The van der Waals surface area contributed by atoms with Gasteiger partial charge in [0.05, 0.1) is 28.8 Å². The van der Waals surface area contributed by atoms with E-state index in [9.17, 15) is 18.0 Å². The average molecular weight is 539 g/mol. The van der Waals surface area contributed by atoms with Crippen molar-refractivity contribution in [3.63, 3.8) is 0 Å². The van der Waals surface area contributed by atoms with Gasteiger partial charge in [0.1, 0.15) is 0 Å². The van der Waals surface area contributed by atoms with Gasteiger partial charge in [-0.2, -0.15) is 18.2 Å². The Balaban J connectivity index is 1.29. The summed E-state index contributed by atoms with van der Waals surface area (Å²) in [6, 6.07) is 17.2. The van der Waals surface area contributed by atoms with Crippen LogP contribution in [-0.4, -0.2) is 26.5 Å². The maximum Gasteiger partial charge on any atom is 0.416 e. The third-order valence-corrected chi connectivity index (χ3v) is 6.81. The highest BCUT2D eigenvalue weighted by atomic mass is 32.2. The monoisotopic (exact) mass is 538 g/mol. The zero-order valence-electron chi connectivity index (χ0n) is 19.4. The highest BCUT2D eigenvalue weighted by Crippen LogP contribution is 2.34. The number of halogens is 3. The molecule has 0 fully saturated rings. The van der Waals surface area contributed by atoms with Crippen LogP contribution in [-0.2, 0) is 18.5 Å². The fourth-order valence-electron chi connectivity index (χ4n) is 4.01. The highest BCUT2D eigenvalue weighted by molar-refractivity contribution is 7.98. The van der Waals surface area contributed by atoms with Gasteiger partial charge in [-0.3, -0.25) is 9.36 Å². The molecule has 0 spiro atoms. The van der Waals surface area contributed by atoms with Crippen LogP contribution >= 0.6 is 11.8 Å². The van der Waals surface area contributed by atoms with Crippen LogP contribution in [0.25, 0.3) is 22.3 Å². The van der Waals surface area contributed by atoms with Crippen LogP contribution < -0.4 is 15.0 Å². The molecule has 38 heavy (non-hydrogen) atoms. The Hall–Kier alpha value is -4.32. The number of aromatic nitrogens is 4. The van der Waals surface area contributed by atoms with Gasteiger partial charge in [-0.1, -0.05) is 47.3 Å². The fraction of sp³-hybridized carbons (Fsp3) is 0.154. The molecule has 0 saturated carbocycles. The second kappa shape index (κ2) is 9.53. The van der Waals surface area contributed by atoms with Crippen molar-refractivity contribution in [2.75, 3.05) is 6.79 Å². The van der Waals surface area contributed by atoms with Gasteiger partial charge in [-0.05, 0) is 42.0 Å². The van der Waals surface area contributed by atoms with E-state index in [0.717, 1.165) is 17.7 Å². The summed E-state index contributed by atoms with van der Waals surface area (Å²) in [6.07, 6.45) is -4.48. The largest absolute Gasteiger partial charge is 0.454 e. The van der Waals surface area contributed by atoms with Crippen molar-refractivity contribution in [1.82, 2.24) is 19.7 Å². The van der Waals surface area contributed by atoms with Gasteiger partial charge < -0.3 is 14.0 Å². The lowest BCUT2D eigenvalue weighted by Crippen LogP contribution is -2.24. The zero-order valence-corrected chi connectivity index (χ0v) is 20.3. The third-order valence-electron chi connectivity index (χ3n) is 5.85. The molecular formula is C26H17F3N4O4S. The number of thioether (sulfide) groups is 1. The van der Waals surface area contributed by atoms with Crippen molar-refractivity contribution in [2.24, 2.45) is 0 Å². The quantitative estimate of drug-likeness (QED) is 0.206. The lowest BCUT2D eigenvalue weighted by molar-refractivity contribution is -0.137. The minimum Gasteiger partial charge on any atom is -0.454 e. The van der Waals surface area contributed by atoms with Crippen molar-refractivity contribution in [1.29, 1.82) is 0 Å². The highest BCUT2D eigenvalue weighted by Gasteiger charge is 2.30. The molecule has 0 amide bonds. The lowest BCUT2D eigenvalue weighted by atomic mass is 10.1. The Kier molecular flexibility index (Phi) is 6.03. The number of nitrogens with zero attached hydrogens (tertiary/aromatic N) is 4. The summed E-state index contributed by atoms with van der Waals surface area (Å²) >= 11 is 1.21. The fourth-order valence-corrected chi connectivity index (χ4v) is 4.85. The number of para-hydroxylation sites is 1. The summed E-state index contributed by atoms with van der Waals surface area (Å²) in [5.74, 6) is 1.61. The second-order valence-corrected chi connectivity index (χ2v) is 9.31. The smallest absolute Gasteiger partial charge is 0.416 e. The van der Waals surface area contributed by atoms with Crippen LogP contribution in [0.2, 0.25) is 0 Å². The number of fused-ring (bicyclic) bond motifs is 2. The number of ether oxygens (including phenoxy) is 2. The minimum atomic E-state index is -4.48. The Morgan fingerprint density at radius 3 is 2.66 bits per heavy atom. The van der Waals surface area contributed by atoms with Gasteiger partial charge >= 0.3 is 6.18 Å². The predicted octanol–water partition coefficient (Wildman–Crippen LogP) is 5.53. The van der Waals surface area contributed by atoms with E-state index < -0.39 is 11.7 Å². The van der Waals surface area contributed by atoms with Crippen LogP contribution in [0.5, 0.6) is 11.5 Å². The van der Waals surface area contributed by atoms with Crippen molar-refractivity contribution < 1.29 is 27.2 Å². The van der Waals surface area contributed by atoms with Crippen LogP contribution in [0.4, 0.5) is 13.2 Å². The van der Waals surface area contributed by atoms with E-state index in [1.807, 2.05) is 12.1 Å². The molecule has 0 unspecified atom stereocenters. The number of rotatable bonds is 6. The van der Waals surface area contributed by atoms with Crippen LogP contribution in [0.3, 0.4) is 0 Å². The second-order valence-electron chi connectivity index (χ2n) is 8.37. The van der Waals surface area contributed by atoms with Crippen molar-refractivity contribution in [3.8, 4) is 22.9 Å². The van der Waals surface area contributed by atoms with Gasteiger partial charge in [-0.25, -0.2) is 4.98 Å². The number of hydrogen-bond donors (Lipinski definition) is 0. The van der Waals surface area contributed by atoms with E-state index in [0.29, 0.717) is 27.6 Å². The first-order valence-electron chi connectivity index (χ1n) is 11.4. The standard InChI is InChI=1S/C26H17F3N4O4S/c27-26(28,29)17-5-3-4-16(11-17)23-31-22(37-32-23)13-38-25-30-19-7-2-1-6-18(19)24(34)33(25)12-15-8-9-20-21(10-15)36-14-35-20/h1-11H,12-14H2. The number of benzene rings is 3. The first kappa shape index (κ1) is 24.0. The van der Waals surface area contributed by atoms with Crippen LogP contribution in [0.15, 0.2) is 81.2 Å². The molecule has 0 radical (unpaired) electrons. The topological polar surface area (TPSA) is 92.3 Å². The maximum absolute atomic E-state index is 13.4. The van der Waals surface area contributed by atoms with E-state index in [1.54, 1.807) is 34.9 Å². The molecule has 0 bridgehead atoms. The summed E-state index contributed by atoms with van der Waals surface area (Å²) in [5, 5.41) is 4.73. The summed E-state index contributed by atoms with van der Waals surface area (Å²) in [6.45, 7) is 0.374. The summed E-state index contributed by atoms with van der Waals surface area (Å²) < 4.78 is 56.9. The predicted molar refractivity (Wildman–Crippen MR) is 132 cm³/mol. The van der Waals surface area contributed by atoms with Crippen molar-refractivity contribution in [3.05, 3.63) is 94.1 Å². The first-order valence-corrected chi connectivity index (χ1v) is 12.3. The van der Waals surface area contributed by atoms with Gasteiger partial charge in [0, 0.05) is 5.56 Å². The average Bonchev–Trinajstić information content (AvgIpc) is 3.58. The molecule has 12 heteroatoms. The normalized spacial score (nSPS) is 12.8. The first-order chi connectivity index (χ1) is 18.3. The van der Waals surface area contributed by atoms with E-state index >= 15 is 0 Å². The van der Waals surface area contributed by atoms with Gasteiger partial charge in [0.15, 0.2) is 16.7 Å². The molecule has 1 aliphatic heterocycles. The third kappa shape index (κ3) is 4.70. The van der Waals surface area contributed by atoms with Gasteiger partial charge in [0.25, 0.3) is 5.56 Å². The lowest BCUT2D eigenvalue weighted by Gasteiger charge is -2.13. The number of alkyl halides is 3. The summed E-state index contributed by atoms with van der Waals surface area (Å²) in [7, 11) is 0. The number of hydrogen-bond acceptors (Lipinski definition) is 8. The van der Waals surface area contributed by atoms with Crippen LogP contribution in [0.1, 0.15) is 17.0 Å². The molecular weight excluding hydrogens is 521 g/mol. The maximum atomic E-state index is 13.4. The Bertz CT molecular complexity index is 1720. The molecule has 6 rings (SSSR count). The SMILES string of the molecule is O=c1c2ccccc2nc(SCc2nc(-c3cccc(C(F)(F)F)c3)no2)n1Cc1ccc2c(c1)OCO2. The molecule has 3 heterocycles. The molecule has 0 N–H and O–H groups in total. The van der Waals surface area contributed by atoms with E-state index in [2.05, 4.69) is 15.1 Å².